The highest BCUT2D eigenvalue weighted by Gasteiger charge is 2.02. The molecule has 4 heteroatoms. The molecule has 1 N–H and O–H groups in total. The molecule has 90 valence electrons. The Morgan fingerprint density at radius 1 is 1.21 bits per heavy atom. The highest BCUT2D eigenvalue weighted by molar-refractivity contribution is 6.39. The van der Waals surface area contributed by atoms with Crippen LogP contribution in [0.3, 0.4) is 0 Å². The topological polar surface area (TPSA) is 32.6 Å². The summed E-state index contributed by atoms with van der Waals surface area (Å²) in [6, 6.07) is 11.3. The summed E-state index contributed by atoms with van der Waals surface area (Å²) in [5.41, 5.74) is 4.21. The second kappa shape index (κ2) is 5.49. The van der Waals surface area contributed by atoms with Crippen molar-refractivity contribution in [3.63, 3.8) is 0 Å². The van der Waals surface area contributed by atoms with Crippen LogP contribution in [0.1, 0.15) is 11.1 Å². The summed E-state index contributed by atoms with van der Waals surface area (Å²) in [7, 11) is 3.86. The average Bonchev–Trinajstić information content (AvgIpc) is 2.41. The molecule has 2 aromatic carbocycles. The average molecular weight is 245 g/mol. The zero-order valence-corrected chi connectivity index (χ0v) is 11.0. The third-order valence-corrected chi connectivity index (χ3v) is 2.84. The molecule has 0 atom stereocenters. The highest BCUT2D eigenvalue weighted by Crippen LogP contribution is 2.15. The van der Waals surface area contributed by atoms with E-state index in [9.17, 15) is 5.11 Å². The minimum atomic E-state index is 0.266. The maximum atomic E-state index is 9.98. The van der Waals surface area contributed by atoms with Crippen molar-refractivity contribution in [2.75, 3.05) is 0 Å². The van der Waals surface area contributed by atoms with Crippen LogP contribution < -0.4 is 10.9 Å². The van der Waals surface area contributed by atoms with Crippen LogP contribution in [-0.4, -0.2) is 27.0 Å². The lowest BCUT2D eigenvalue weighted by Crippen LogP contribution is -2.15. The molecule has 0 saturated heterocycles. The first-order valence-corrected chi connectivity index (χ1v) is 6.01. The number of aliphatic imine (C=N–C) groups is 1. The summed E-state index contributed by atoms with van der Waals surface area (Å²) >= 11 is 0. The summed E-state index contributed by atoms with van der Waals surface area (Å²) < 4.78 is 0. The second-order valence-electron chi connectivity index (χ2n) is 4.47. The number of benzene rings is 2. The predicted molar refractivity (Wildman–Crippen MR) is 86.1 cm³/mol. The summed E-state index contributed by atoms with van der Waals surface area (Å²) in [6.07, 6.45) is 7.01. The lowest BCUT2D eigenvalue weighted by atomic mass is 9.85. The third kappa shape index (κ3) is 3.08. The summed E-state index contributed by atoms with van der Waals surface area (Å²) in [6.45, 7) is 0. The van der Waals surface area contributed by atoms with E-state index in [0.717, 1.165) is 22.2 Å². The Balaban J connectivity index is 2.35. The fourth-order valence-corrected chi connectivity index (χ4v) is 1.91. The van der Waals surface area contributed by atoms with E-state index in [1.54, 1.807) is 6.21 Å². The van der Waals surface area contributed by atoms with Gasteiger partial charge in [0.05, 0.1) is 5.69 Å². The molecule has 0 fully saturated rings. The Kier molecular flexibility index (Phi) is 3.77. The monoisotopic (exact) mass is 245 g/mol. The summed E-state index contributed by atoms with van der Waals surface area (Å²) in [4.78, 5) is 4.35. The number of phenols is 1. The molecular weight excluding hydrogens is 232 g/mol. The first-order chi connectivity index (χ1) is 9.10. The number of phenolic OH excluding ortho intramolecular Hbond substituents is 1. The number of nitrogens with zero attached hydrogens (tertiary/aromatic N) is 1. The van der Waals surface area contributed by atoms with E-state index in [-0.39, 0.29) is 5.75 Å². The zero-order chi connectivity index (χ0) is 13.8. The van der Waals surface area contributed by atoms with Gasteiger partial charge in [-0.15, -0.1) is 6.42 Å². The Labute approximate surface area is 115 Å². The van der Waals surface area contributed by atoms with Crippen molar-refractivity contribution in [3.05, 3.63) is 47.5 Å². The Morgan fingerprint density at radius 3 is 2.74 bits per heavy atom. The Morgan fingerprint density at radius 2 is 2.00 bits per heavy atom. The van der Waals surface area contributed by atoms with Gasteiger partial charge in [-0.3, -0.25) is 4.99 Å². The molecular formula is C15H13B2NO. The van der Waals surface area contributed by atoms with Crippen LogP contribution in [0.25, 0.3) is 0 Å². The number of terminal acetylenes is 1. The number of aromatic hydroxyl groups is 1. The van der Waals surface area contributed by atoms with Crippen molar-refractivity contribution < 1.29 is 5.11 Å². The van der Waals surface area contributed by atoms with E-state index in [4.69, 9.17) is 6.42 Å². The maximum Gasteiger partial charge on any atom is 0.144 e. The van der Waals surface area contributed by atoms with Crippen molar-refractivity contribution in [2.45, 2.75) is 0 Å². The van der Waals surface area contributed by atoms with Crippen molar-refractivity contribution in [1.29, 1.82) is 0 Å². The van der Waals surface area contributed by atoms with Gasteiger partial charge in [0, 0.05) is 17.3 Å². The molecule has 0 spiro atoms. The van der Waals surface area contributed by atoms with Gasteiger partial charge < -0.3 is 5.11 Å². The van der Waals surface area contributed by atoms with Crippen LogP contribution in [0.5, 0.6) is 5.75 Å². The van der Waals surface area contributed by atoms with Crippen LogP contribution in [0.2, 0.25) is 0 Å². The zero-order valence-electron chi connectivity index (χ0n) is 11.0. The van der Waals surface area contributed by atoms with Crippen LogP contribution >= 0.6 is 0 Å². The molecule has 0 unspecified atom stereocenters. The molecule has 2 nitrogen and oxygen atoms in total. The maximum absolute atomic E-state index is 9.98. The fraction of sp³-hybridized carbons (Fsp3) is 0. The van der Waals surface area contributed by atoms with Crippen LogP contribution in [0.15, 0.2) is 41.4 Å². The van der Waals surface area contributed by atoms with E-state index in [1.807, 2.05) is 52.1 Å². The van der Waals surface area contributed by atoms with E-state index >= 15 is 0 Å². The molecule has 0 aromatic heterocycles. The van der Waals surface area contributed by atoms with E-state index < -0.39 is 0 Å². The van der Waals surface area contributed by atoms with E-state index in [2.05, 4.69) is 10.9 Å². The van der Waals surface area contributed by atoms with Crippen molar-refractivity contribution in [1.82, 2.24) is 0 Å². The van der Waals surface area contributed by atoms with Crippen LogP contribution in [-0.2, 0) is 0 Å². The molecule has 0 bridgehead atoms. The third-order valence-electron chi connectivity index (χ3n) is 2.84. The minimum absolute atomic E-state index is 0.266. The van der Waals surface area contributed by atoms with Gasteiger partial charge in [-0.05, 0) is 23.7 Å². The van der Waals surface area contributed by atoms with Gasteiger partial charge in [0.2, 0.25) is 0 Å². The molecule has 2 rings (SSSR count). The van der Waals surface area contributed by atoms with Crippen LogP contribution in [0.4, 0.5) is 5.69 Å². The molecule has 0 aliphatic rings. The molecule has 0 radical (unpaired) electrons. The number of hydrogen-bond donors (Lipinski definition) is 1. The van der Waals surface area contributed by atoms with Gasteiger partial charge in [0.25, 0.3) is 0 Å². The quantitative estimate of drug-likeness (QED) is 0.437. The Hall–Kier alpha value is -2.40. The summed E-state index contributed by atoms with van der Waals surface area (Å²) in [5.74, 6) is 2.84. The fourth-order valence-electron chi connectivity index (χ4n) is 1.91. The lowest BCUT2D eigenvalue weighted by molar-refractivity contribution is 0.479. The lowest BCUT2D eigenvalue weighted by Gasteiger charge is -2.05. The summed E-state index contributed by atoms with van der Waals surface area (Å²) in [5, 5.41) is 9.98. The molecule has 0 aliphatic carbocycles. The van der Waals surface area contributed by atoms with Gasteiger partial charge in [0.15, 0.2) is 0 Å². The van der Waals surface area contributed by atoms with Crippen molar-refractivity contribution >= 4 is 38.5 Å². The SMILES string of the molecule is Bc1cc(B)c(O)c(/C=N/c2cccc(C#C)c2)c1. The van der Waals surface area contributed by atoms with Gasteiger partial charge in [-0.2, -0.15) is 0 Å². The number of rotatable bonds is 2. The van der Waals surface area contributed by atoms with Gasteiger partial charge >= 0.3 is 0 Å². The van der Waals surface area contributed by atoms with Crippen molar-refractivity contribution in [3.8, 4) is 18.1 Å². The molecule has 0 heterocycles. The minimum Gasteiger partial charge on any atom is -0.508 e. The molecule has 0 aliphatic heterocycles. The highest BCUT2D eigenvalue weighted by atomic mass is 16.3. The molecule has 2 aromatic rings. The normalized spacial score (nSPS) is 10.5. The second-order valence-corrected chi connectivity index (χ2v) is 4.47. The first-order valence-electron chi connectivity index (χ1n) is 6.01. The molecule has 19 heavy (non-hydrogen) atoms. The van der Waals surface area contributed by atoms with Gasteiger partial charge in [-0.25, -0.2) is 0 Å². The van der Waals surface area contributed by atoms with Crippen LogP contribution in [0, 0.1) is 12.3 Å². The number of hydrogen-bond acceptors (Lipinski definition) is 2. The van der Waals surface area contributed by atoms with E-state index in [0.29, 0.717) is 5.56 Å². The van der Waals surface area contributed by atoms with Gasteiger partial charge in [-0.1, -0.05) is 29.6 Å². The van der Waals surface area contributed by atoms with Crippen molar-refractivity contribution in [2.24, 2.45) is 4.99 Å². The molecule has 0 amide bonds. The standard InChI is InChI=1S/C15H13B2NO/c1-2-10-4-3-5-13(6-10)18-9-11-7-12(16)8-14(17)15(11)19/h1,3-9,19H,16-17H2/b18-9+. The Bertz CT molecular complexity index is 687. The van der Waals surface area contributed by atoms with E-state index in [1.165, 1.54) is 0 Å². The largest absolute Gasteiger partial charge is 0.508 e. The van der Waals surface area contributed by atoms with Gasteiger partial charge in [0.1, 0.15) is 21.4 Å². The molecule has 0 saturated carbocycles. The first kappa shape index (κ1) is 13.0. The predicted octanol–water partition coefficient (Wildman–Crippen LogP) is -0.359. The smallest absolute Gasteiger partial charge is 0.144 e.